The van der Waals surface area contributed by atoms with E-state index in [0.29, 0.717) is 5.57 Å². The number of methoxy groups -OCH3 is 1. The van der Waals surface area contributed by atoms with Crippen molar-refractivity contribution in [3.8, 4) is 11.8 Å². The molecule has 0 aliphatic carbocycles. The molecule has 1 heterocycles. The van der Waals surface area contributed by atoms with E-state index in [0.717, 1.165) is 25.8 Å². The van der Waals surface area contributed by atoms with Crippen molar-refractivity contribution in [2.45, 2.75) is 0 Å². The fraction of sp³-hybridized carbons (Fsp3) is 0.0667. The largest absolute Gasteiger partial charge is 0.494 e. The summed E-state index contributed by atoms with van der Waals surface area (Å²) in [6, 6.07) is 9.66. The topological polar surface area (TPSA) is 45.9 Å². The van der Waals surface area contributed by atoms with Crippen LogP contribution in [0, 0.1) is 11.3 Å². The van der Waals surface area contributed by atoms with Crippen LogP contribution in [0.5, 0.6) is 5.75 Å². The number of allylic oxidation sites excluding steroid dienone is 1. The van der Waals surface area contributed by atoms with E-state index in [2.05, 4.69) is 42.9 Å². The maximum atomic E-state index is 9.29. The molecule has 0 atom stereocenters. The van der Waals surface area contributed by atoms with Crippen molar-refractivity contribution < 1.29 is 4.74 Å². The quantitative estimate of drug-likeness (QED) is 0.711. The van der Waals surface area contributed by atoms with Gasteiger partial charge in [-0.15, -0.1) is 0 Å². The Morgan fingerprint density at radius 3 is 2.55 bits per heavy atom. The first-order valence-corrected chi connectivity index (χ1v) is 7.29. The molecule has 1 aromatic carbocycles. The summed E-state index contributed by atoms with van der Waals surface area (Å²) < 4.78 is 6.90. The van der Waals surface area contributed by atoms with Gasteiger partial charge in [-0.05, 0) is 61.7 Å². The zero-order valence-corrected chi connectivity index (χ0v) is 13.8. The van der Waals surface area contributed by atoms with E-state index >= 15 is 0 Å². The van der Waals surface area contributed by atoms with Crippen LogP contribution in [0.25, 0.3) is 11.6 Å². The normalized spacial score (nSPS) is 11.0. The molecule has 2 aromatic rings. The predicted molar refractivity (Wildman–Crippen MR) is 86.1 cm³/mol. The molecule has 3 nitrogen and oxygen atoms in total. The van der Waals surface area contributed by atoms with Gasteiger partial charge in [-0.2, -0.15) is 5.26 Å². The van der Waals surface area contributed by atoms with Crippen molar-refractivity contribution >= 4 is 43.5 Å². The molecule has 0 aliphatic heterocycles. The molecule has 0 N–H and O–H groups in total. The van der Waals surface area contributed by atoms with Gasteiger partial charge < -0.3 is 4.74 Å². The lowest BCUT2D eigenvalue weighted by atomic mass is 10.1. The summed E-state index contributed by atoms with van der Waals surface area (Å²) in [5.41, 5.74) is 2.24. The molecule has 100 valence electrons. The number of benzene rings is 1. The number of nitrogens with zero attached hydrogens (tertiary/aromatic N) is 2. The summed E-state index contributed by atoms with van der Waals surface area (Å²) >= 11 is 6.89. The average Bonchev–Trinajstić information content (AvgIpc) is 2.45. The summed E-state index contributed by atoms with van der Waals surface area (Å²) in [7, 11) is 1.61. The minimum Gasteiger partial charge on any atom is -0.494 e. The van der Waals surface area contributed by atoms with E-state index in [1.54, 1.807) is 25.6 Å². The number of ether oxygens (including phenoxy) is 1. The smallest absolute Gasteiger partial charge is 0.147 e. The van der Waals surface area contributed by atoms with Gasteiger partial charge in [0.15, 0.2) is 0 Å². The molecule has 0 radical (unpaired) electrons. The lowest BCUT2D eigenvalue weighted by Gasteiger charge is -2.07. The minimum absolute atomic E-state index is 0.557. The Morgan fingerprint density at radius 2 is 2.05 bits per heavy atom. The second-order valence-electron chi connectivity index (χ2n) is 3.93. The Balaban J connectivity index is 2.47. The number of hydrogen-bond donors (Lipinski definition) is 0. The van der Waals surface area contributed by atoms with Crippen LogP contribution in [0.4, 0.5) is 0 Å². The Labute approximate surface area is 134 Å². The molecule has 1 aromatic heterocycles. The summed E-state index contributed by atoms with van der Waals surface area (Å²) in [5.74, 6) is 0.724. The van der Waals surface area contributed by atoms with Crippen molar-refractivity contribution in [3.05, 3.63) is 56.7 Å². The van der Waals surface area contributed by atoms with Crippen molar-refractivity contribution in [1.82, 2.24) is 4.98 Å². The van der Waals surface area contributed by atoms with Gasteiger partial charge in [-0.25, -0.2) is 0 Å². The molecule has 0 unspecified atom stereocenters. The monoisotopic (exact) mass is 392 g/mol. The van der Waals surface area contributed by atoms with Gasteiger partial charge in [0.1, 0.15) is 5.75 Å². The number of pyridine rings is 1. The van der Waals surface area contributed by atoms with Gasteiger partial charge >= 0.3 is 0 Å². The average molecular weight is 394 g/mol. The van der Waals surface area contributed by atoms with Gasteiger partial charge in [0.25, 0.3) is 0 Å². The molecule has 0 saturated heterocycles. The molecule has 0 aliphatic rings. The number of hydrogen-bond acceptors (Lipinski definition) is 3. The molecule has 20 heavy (non-hydrogen) atoms. The zero-order valence-electron chi connectivity index (χ0n) is 10.6. The maximum absolute atomic E-state index is 9.29. The third kappa shape index (κ3) is 3.27. The Kier molecular flexibility index (Phi) is 4.94. The molecule has 0 saturated carbocycles. The Bertz CT molecular complexity index is 668. The molecule has 0 amide bonds. The van der Waals surface area contributed by atoms with Crippen molar-refractivity contribution in [2.24, 2.45) is 0 Å². The van der Waals surface area contributed by atoms with Crippen LogP contribution in [0.15, 0.2) is 45.6 Å². The molecule has 0 fully saturated rings. The van der Waals surface area contributed by atoms with Crippen LogP contribution in [0.2, 0.25) is 0 Å². The number of halogens is 2. The fourth-order valence-electron chi connectivity index (χ4n) is 1.73. The number of aromatic nitrogens is 1. The SMILES string of the molecule is COc1c(Br)cc(/C=C(\C#N)c2cccnc2)cc1Br. The number of rotatable bonds is 3. The molecule has 5 heteroatoms. The van der Waals surface area contributed by atoms with Crippen LogP contribution < -0.4 is 4.74 Å². The highest BCUT2D eigenvalue weighted by atomic mass is 79.9. The first-order valence-electron chi connectivity index (χ1n) is 5.71. The van der Waals surface area contributed by atoms with E-state index in [9.17, 15) is 5.26 Å². The van der Waals surface area contributed by atoms with Crippen LogP contribution >= 0.6 is 31.9 Å². The third-order valence-corrected chi connectivity index (χ3v) is 3.81. The second kappa shape index (κ2) is 6.69. The van der Waals surface area contributed by atoms with Crippen molar-refractivity contribution in [1.29, 1.82) is 5.26 Å². The zero-order chi connectivity index (χ0) is 14.5. The number of nitriles is 1. The fourth-order valence-corrected chi connectivity index (χ4v) is 3.27. The van der Waals surface area contributed by atoms with E-state index < -0.39 is 0 Å². The lowest BCUT2D eigenvalue weighted by molar-refractivity contribution is 0.409. The van der Waals surface area contributed by atoms with Crippen LogP contribution in [0.1, 0.15) is 11.1 Å². The van der Waals surface area contributed by atoms with Crippen LogP contribution in [-0.2, 0) is 0 Å². The Morgan fingerprint density at radius 1 is 1.35 bits per heavy atom. The highest BCUT2D eigenvalue weighted by Gasteiger charge is 2.08. The highest BCUT2D eigenvalue weighted by molar-refractivity contribution is 9.11. The molecule has 0 bridgehead atoms. The van der Waals surface area contributed by atoms with Crippen molar-refractivity contribution in [2.75, 3.05) is 7.11 Å². The summed E-state index contributed by atoms with van der Waals surface area (Å²) in [6.45, 7) is 0. The van der Waals surface area contributed by atoms with E-state index in [1.807, 2.05) is 24.3 Å². The van der Waals surface area contributed by atoms with Gasteiger partial charge in [-0.1, -0.05) is 6.07 Å². The minimum atomic E-state index is 0.557. The van der Waals surface area contributed by atoms with Gasteiger partial charge in [0, 0.05) is 18.0 Å². The standard InChI is InChI=1S/C15H10Br2N2O/c1-20-15-13(16)6-10(7-14(15)17)5-12(8-18)11-3-2-4-19-9-11/h2-7,9H,1H3/b12-5+. The predicted octanol–water partition coefficient (Wildman–Crippen LogP) is 4.68. The van der Waals surface area contributed by atoms with Crippen LogP contribution in [-0.4, -0.2) is 12.1 Å². The van der Waals surface area contributed by atoms with Gasteiger partial charge in [-0.3, -0.25) is 4.98 Å². The molecular formula is C15H10Br2N2O. The third-order valence-electron chi connectivity index (χ3n) is 2.63. The lowest BCUT2D eigenvalue weighted by Crippen LogP contribution is -1.88. The molecule has 2 rings (SSSR count). The highest BCUT2D eigenvalue weighted by Crippen LogP contribution is 2.35. The van der Waals surface area contributed by atoms with Crippen molar-refractivity contribution in [3.63, 3.8) is 0 Å². The first kappa shape index (κ1) is 14.8. The maximum Gasteiger partial charge on any atom is 0.147 e. The summed E-state index contributed by atoms with van der Waals surface area (Å²) in [6.07, 6.45) is 5.16. The second-order valence-corrected chi connectivity index (χ2v) is 5.64. The van der Waals surface area contributed by atoms with E-state index in [4.69, 9.17) is 4.74 Å². The van der Waals surface area contributed by atoms with E-state index in [1.165, 1.54) is 0 Å². The molecular weight excluding hydrogens is 384 g/mol. The van der Waals surface area contributed by atoms with E-state index in [-0.39, 0.29) is 0 Å². The first-order chi connectivity index (χ1) is 9.65. The van der Waals surface area contributed by atoms with Gasteiger partial charge in [0.2, 0.25) is 0 Å². The summed E-state index contributed by atoms with van der Waals surface area (Å²) in [5, 5.41) is 9.29. The van der Waals surface area contributed by atoms with Crippen LogP contribution in [0.3, 0.4) is 0 Å². The molecule has 0 spiro atoms. The Hall–Kier alpha value is -1.64. The summed E-state index contributed by atoms with van der Waals surface area (Å²) in [4.78, 5) is 4.03. The van der Waals surface area contributed by atoms with Gasteiger partial charge in [0.05, 0.1) is 27.7 Å².